The Labute approximate surface area is 182 Å². The highest BCUT2D eigenvalue weighted by Crippen LogP contribution is 2.44. The van der Waals surface area contributed by atoms with Crippen LogP contribution in [0.4, 0.5) is 8.78 Å². The molecular weight excluding hydrogens is 424 g/mol. The Balaban J connectivity index is 1.41. The van der Waals surface area contributed by atoms with Gasteiger partial charge >= 0.3 is 0 Å². The lowest BCUT2D eigenvalue weighted by Crippen LogP contribution is -2.40. The molecule has 0 saturated heterocycles. The molecular formula is C23H29F2NO4S. The summed E-state index contributed by atoms with van der Waals surface area (Å²) in [7, 11) is -3.13. The zero-order chi connectivity index (χ0) is 22.2. The molecule has 1 aromatic carbocycles. The number of aromatic nitrogens is 1. The summed E-state index contributed by atoms with van der Waals surface area (Å²) in [6, 6.07) is 9.11. The molecule has 0 radical (unpaired) electrons. The van der Waals surface area contributed by atoms with E-state index in [1.807, 2.05) is 32.0 Å². The van der Waals surface area contributed by atoms with Crippen LogP contribution in [0.3, 0.4) is 0 Å². The van der Waals surface area contributed by atoms with Crippen LogP contribution in [0.2, 0.25) is 0 Å². The first-order valence-corrected chi connectivity index (χ1v) is 12.6. The van der Waals surface area contributed by atoms with Gasteiger partial charge < -0.3 is 9.26 Å². The summed E-state index contributed by atoms with van der Waals surface area (Å²) < 4.78 is 64.1. The molecule has 31 heavy (non-hydrogen) atoms. The van der Waals surface area contributed by atoms with Crippen molar-refractivity contribution in [3.63, 3.8) is 0 Å². The lowest BCUT2D eigenvalue weighted by Gasteiger charge is -2.39. The van der Waals surface area contributed by atoms with E-state index in [0.29, 0.717) is 12.2 Å². The maximum Gasteiger partial charge on any atom is 0.248 e. The second-order valence-electron chi connectivity index (χ2n) is 9.19. The molecule has 2 aromatic rings. The molecule has 1 heterocycles. The second-order valence-corrected chi connectivity index (χ2v) is 11.5. The van der Waals surface area contributed by atoms with E-state index in [0.717, 1.165) is 29.9 Å². The lowest BCUT2D eigenvalue weighted by atomic mass is 9.72. The lowest BCUT2D eigenvalue weighted by molar-refractivity contribution is -0.0833. The quantitative estimate of drug-likeness (QED) is 0.543. The third-order valence-corrected chi connectivity index (χ3v) is 8.99. The predicted octanol–water partition coefficient (Wildman–Crippen LogP) is 5.29. The molecule has 0 bridgehead atoms. The number of halogens is 2. The van der Waals surface area contributed by atoms with Crippen molar-refractivity contribution in [1.29, 1.82) is 0 Å². The minimum atomic E-state index is -3.13. The molecule has 0 aliphatic heterocycles. The Hall–Kier alpha value is -1.96. The molecule has 2 fully saturated rings. The normalized spacial score (nSPS) is 24.6. The molecule has 2 saturated carbocycles. The van der Waals surface area contributed by atoms with E-state index in [1.54, 1.807) is 12.1 Å². The van der Waals surface area contributed by atoms with Gasteiger partial charge in [-0.25, -0.2) is 17.2 Å². The van der Waals surface area contributed by atoms with E-state index in [2.05, 4.69) is 5.16 Å². The smallest absolute Gasteiger partial charge is 0.248 e. The van der Waals surface area contributed by atoms with Gasteiger partial charge in [-0.2, -0.15) is 0 Å². The summed E-state index contributed by atoms with van der Waals surface area (Å²) in [4.78, 5) is 0. The van der Waals surface area contributed by atoms with Crippen molar-refractivity contribution in [1.82, 2.24) is 5.16 Å². The third-order valence-electron chi connectivity index (χ3n) is 6.51. The van der Waals surface area contributed by atoms with Crippen LogP contribution in [-0.2, 0) is 9.84 Å². The Bertz CT molecular complexity index is 999. The van der Waals surface area contributed by atoms with E-state index in [4.69, 9.17) is 9.26 Å². The summed E-state index contributed by atoms with van der Waals surface area (Å²) >= 11 is 0. The van der Waals surface area contributed by atoms with E-state index < -0.39 is 15.8 Å². The van der Waals surface area contributed by atoms with Gasteiger partial charge in [-0.1, -0.05) is 12.1 Å². The number of alkyl halides is 2. The standard InChI is InChI=1S/C23H29F2NO4S/c1-15(14-31(27,28)20-7-8-20)21-9-10-23(24,25)12-18(21)13-29-19-5-3-17(4-6-19)22-11-16(2)30-26-22/h3-6,11,15,18,20-21H,7-10,12-14H2,1-2H3/t15?,18-,21?/m1/s1. The number of ether oxygens (including phenoxy) is 1. The van der Waals surface area contributed by atoms with E-state index >= 15 is 0 Å². The number of hydrogen-bond donors (Lipinski definition) is 0. The summed E-state index contributed by atoms with van der Waals surface area (Å²) in [6.45, 7) is 3.85. The fourth-order valence-corrected chi connectivity index (χ4v) is 6.77. The maximum absolute atomic E-state index is 14.1. The highest BCUT2D eigenvalue weighted by atomic mass is 32.2. The molecule has 4 rings (SSSR count). The minimum Gasteiger partial charge on any atom is -0.493 e. The Morgan fingerprint density at radius 3 is 2.55 bits per heavy atom. The average molecular weight is 454 g/mol. The molecule has 2 aliphatic rings. The first kappa shape index (κ1) is 22.2. The first-order valence-electron chi connectivity index (χ1n) is 10.9. The van der Waals surface area contributed by atoms with Gasteiger partial charge in [0.1, 0.15) is 17.2 Å². The van der Waals surface area contributed by atoms with Crippen molar-refractivity contribution in [2.45, 2.75) is 57.1 Å². The largest absolute Gasteiger partial charge is 0.493 e. The fraction of sp³-hybridized carbons (Fsp3) is 0.609. The van der Waals surface area contributed by atoms with Crippen LogP contribution in [0.1, 0.15) is 44.8 Å². The zero-order valence-corrected chi connectivity index (χ0v) is 18.7. The van der Waals surface area contributed by atoms with Gasteiger partial charge in [0.2, 0.25) is 5.92 Å². The minimum absolute atomic E-state index is 0.0796. The molecule has 0 amide bonds. The Morgan fingerprint density at radius 2 is 1.94 bits per heavy atom. The van der Waals surface area contributed by atoms with E-state index in [1.165, 1.54) is 0 Å². The van der Waals surface area contributed by atoms with Crippen molar-refractivity contribution in [3.8, 4) is 17.0 Å². The second kappa shape index (κ2) is 8.52. The summed E-state index contributed by atoms with van der Waals surface area (Å²) in [5.74, 6) is -1.97. The molecule has 5 nitrogen and oxygen atoms in total. The average Bonchev–Trinajstić information content (AvgIpc) is 3.48. The predicted molar refractivity (Wildman–Crippen MR) is 114 cm³/mol. The summed E-state index contributed by atoms with van der Waals surface area (Å²) in [5.41, 5.74) is 1.60. The number of benzene rings is 1. The van der Waals surface area contributed by atoms with Crippen LogP contribution in [0.5, 0.6) is 5.75 Å². The van der Waals surface area contributed by atoms with Crippen molar-refractivity contribution in [2.75, 3.05) is 12.4 Å². The molecule has 3 atom stereocenters. The van der Waals surface area contributed by atoms with Gasteiger partial charge in [0.15, 0.2) is 9.84 Å². The Morgan fingerprint density at radius 1 is 1.23 bits per heavy atom. The van der Waals surface area contributed by atoms with Gasteiger partial charge in [0.25, 0.3) is 0 Å². The monoisotopic (exact) mass is 453 g/mol. The number of rotatable bonds is 8. The van der Waals surface area contributed by atoms with Crippen LogP contribution in [0.25, 0.3) is 11.3 Å². The molecule has 170 valence electrons. The molecule has 1 aromatic heterocycles. The van der Waals surface area contributed by atoms with Gasteiger partial charge in [-0.05, 0) is 62.3 Å². The maximum atomic E-state index is 14.1. The molecule has 0 spiro atoms. The summed E-state index contributed by atoms with van der Waals surface area (Å²) in [5, 5.41) is 3.76. The zero-order valence-electron chi connectivity index (χ0n) is 17.9. The summed E-state index contributed by atoms with van der Waals surface area (Å²) in [6.07, 6.45) is 1.34. The van der Waals surface area contributed by atoms with Crippen LogP contribution in [-0.4, -0.2) is 37.1 Å². The van der Waals surface area contributed by atoms with Crippen molar-refractivity contribution in [3.05, 3.63) is 36.1 Å². The number of aryl methyl sites for hydroxylation is 1. The van der Waals surface area contributed by atoms with E-state index in [-0.39, 0.29) is 48.2 Å². The van der Waals surface area contributed by atoms with Crippen molar-refractivity contribution < 1.29 is 26.5 Å². The molecule has 2 aliphatic carbocycles. The van der Waals surface area contributed by atoms with Crippen LogP contribution in [0.15, 0.2) is 34.9 Å². The van der Waals surface area contributed by atoms with Crippen LogP contribution < -0.4 is 4.74 Å². The number of hydrogen-bond acceptors (Lipinski definition) is 5. The Kier molecular flexibility index (Phi) is 6.12. The third kappa shape index (κ3) is 5.45. The van der Waals surface area contributed by atoms with Gasteiger partial charge in [-0.3, -0.25) is 0 Å². The van der Waals surface area contributed by atoms with Crippen molar-refractivity contribution in [2.24, 2.45) is 17.8 Å². The number of nitrogens with zero attached hydrogens (tertiary/aromatic N) is 1. The van der Waals surface area contributed by atoms with Crippen LogP contribution >= 0.6 is 0 Å². The molecule has 8 heteroatoms. The van der Waals surface area contributed by atoms with Gasteiger partial charge in [0, 0.05) is 30.4 Å². The highest BCUT2D eigenvalue weighted by molar-refractivity contribution is 7.92. The van der Waals surface area contributed by atoms with Crippen molar-refractivity contribution >= 4 is 9.84 Å². The van der Waals surface area contributed by atoms with Crippen LogP contribution in [0, 0.1) is 24.7 Å². The van der Waals surface area contributed by atoms with E-state index in [9.17, 15) is 17.2 Å². The van der Waals surface area contributed by atoms with Gasteiger partial charge in [-0.15, -0.1) is 0 Å². The number of sulfone groups is 1. The fourth-order valence-electron chi connectivity index (χ4n) is 4.66. The van der Waals surface area contributed by atoms with Gasteiger partial charge in [0.05, 0.1) is 17.6 Å². The molecule has 0 N–H and O–H groups in total. The first-order chi connectivity index (χ1) is 14.6. The SMILES string of the molecule is Cc1cc(-c2ccc(OC[C@H]3CC(F)(F)CCC3C(C)CS(=O)(=O)C3CC3)cc2)no1. The highest BCUT2D eigenvalue weighted by Gasteiger charge is 2.45. The topological polar surface area (TPSA) is 69.4 Å². The molecule has 2 unspecified atom stereocenters.